The molecule has 0 bridgehead atoms. The topological polar surface area (TPSA) is 28.5 Å². The summed E-state index contributed by atoms with van der Waals surface area (Å²) in [4.78, 5) is 0. The molecule has 0 aliphatic heterocycles. The molecule has 4 heteroatoms. The normalized spacial score (nSPS) is 0. The average Bonchev–Trinajstić information content (AvgIpc) is 0. The molecule has 0 unspecified atom stereocenters. The van der Waals surface area contributed by atoms with Crippen molar-refractivity contribution in [1.29, 1.82) is 0 Å². The summed E-state index contributed by atoms with van der Waals surface area (Å²) >= 11 is 0. The van der Waals surface area contributed by atoms with Gasteiger partial charge in [-0.05, 0) is 0 Å². The van der Waals surface area contributed by atoms with Gasteiger partial charge in [-0.1, -0.05) is 0 Å². The molecule has 0 spiro atoms. The SMILES string of the molecule is [Al+3].[Hf+4].[Mg+2].[O-2]. The Morgan fingerprint density at radius 3 is 1.00 bits per heavy atom. The van der Waals surface area contributed by atoms with Crippen LogP contribution < -0.4 is 0 Å². The minimum absolute atomic E-state index is 0. The smallest absolute Gasteiger partial charge is 2.00 e. The van der Waals surface area contributed by atoms with Gasteiger partial charge in [0.2, 0.25) is 0 Å². The molecule has 0 aliphatic carbocycles. The van der Waals surface area contributed by atoms with Crippen molar-refractivity contribution in [2.75, 3.05) is 0 Å². The Morgan fingerprint density at radius 1 is 1.00 bits per heavy atom. The van der Waals surface area contributed by atoms with Crippen LogP contribution in [0.2, 0.25) is 0 Å². The van der Waals surface area contributed by atoms with E-state index in [0.717, 1.165) is 0 Å². The number of hydrogen-bond donors (Lipinski definition) is 0. The molecule has 0 aliphatic rings. The molecule has 0 radical (unpaired) electrons. The summed E-state index contributed by atoms with van der Waals surface area (Å²) in [7, 11) is 0. The van der Waals surface area contributed by atoms with Gasteiger partial charge in [-0.15, -0.1) is 0 Å². The van der Waals surface area contributed by atoms with E-state index in [1.165, 1.54) is 0 Å². The molecule has 0 atom stereocenters. The zero-order valence-electron chi connectivity index (χ0n) is 2.19. The van der Waals surface area contributed by atoms with Gasteiger partial charge in [0.25, 0.3) is 0 Å². The van der Waals surface area contributed by atoms with E-state index in [1.54, 1.807) is 0 Å². The van der Waals surface area contributed by atoms with Crippen LogP contribution in [0.25, 0.3) is 0 Å². The van der Waals surface area contributed by atoms with E-state index in [1.807, 2.05) is 0 Å². The zero-order chi connectivity index (χ0) is 0. The van der Waals surface area contributed by atoms with Crippen molar-refractivity contribution >= 4 is 40.4 Å². The van der Waals surface area contributed by atoms with Crippen LogP contribution >= 0.6 is 0 Å². The summed E-state index contributed by atoms with van der Waals surface area (Å²) in [5.41, 5.74) is 0. The Hall–Kier alpha value is 2.13. The maximum absolute atomic E-state index is 0. The summed E-state index contributed by atoms with van der Waals surface area (Å²) in [6.07, 6.45) is 0. The minimum Gasteiger partial charge on any atom is -2.00 e. The van der Waals surface area contributed by atoms with Crippen molar-refractivity contribution < 1.29 is 31.3 Å². The predicted octanol–water partition coefficient (Wildman–Crippen LogP) is -0.883. The maximum Gasteiger partial charge on any atom is 4.00 e. The van der Waals surface area contributed by atoms with Crippen molar-refractivity contribution in [1.82, 2.24) is 0 Å². The Labute approximate surface area is 70.9 Å². The van der Waals surface area contributed by atoms with E-state index >= 15 is 0 Å². The van der Waals surface area contributed by atoms with Gasteiger partial charge < -0.3 is 5.48 Å². The second-order valence-corrected chi connectivity index (χ2v) is 0. The summed E-state index contributed by atoms with van der Waals surface area (Å²) in [6, 6.07) is 0. The van der Waals surface area contributed by atoms with Gasteiger partial charge in [0.15, 0.2) is 0 Å². The van der Waals surface area contributed by atoms with Crippen LogP contribution in [-0.4, -0.2) is 40.4 Å². The molecule has 0 saturated heterocycles. The largest absolute Gasteiger partial charge is 4.00 e. The van der Waals surface area contributed by atoms with Gasteiger partial charge in [-0.25, -0.2) is 0 Å². The molecule has 0 heterocycles. The van der Waals surface area contributed by atoms with Crippen LogP contribution in [0.5, 0.6) is 0 Å². The van der Waals surface area contributed by atoms with Gasteiger partial charge in [-0.2, -0.15) is 0 Å². The van der Waals surface area contributed by atoms with Crippen molar-refractivity contribution in [2.45, 2.75) is 0 Å². The van der Waals surface area contributed by atoms with Crippen molar-refractivity contribution in [2.24, 2.45) is 0 Å². The van der Waals surface area contributed by atoms with E-state index in [4.69, 9.17) is 0 Å². The van der Waals surface area contributed by atoms with Crippen molar-refractivity contribution in [3.05, 3.63) is 0 Å². The Kier molecular flexibility index (Phi) is 172. The van der Waals surface area contributed by atoms with Crippen LogP contribution in [0, 0.1) is 0 Å². The molecule has 0 saturated carbocycles. The van der Waals surface area contributed by atoms with Gasteiger partial charge in [-0.3, -0.25) is 0 Å². The summed E-state index contributed by atoms with van der Waals surface area (Å²) < 4.78 is 0. The molecule has 0 N–H and O–H groups in total. The van der Waals surface area contributed by atoms with Crippen LogP contribution in [0.4, 0.5) is 0 Å². The summed E-state index contributed by atoms with van der Waals surface area (Å²) in [5.74, 6) is 0. The van der Waals surface area contributed by atoms with Gasteiger partial charge in [0.1, 0.15) is 0 Å². The van der Waals surface area contributed by atoms with Crippen LogP contribution in [0.1, 0.15) is 0 Å². The molecule has 0 amide bonds. The van der Waals surface area contributed by atoms with Crippen molar-refractivity contribution in [3.63, 3.8) is 0 Å². The Bertz CT molecular complexity index is 8.00. The van der Waals surface area contributed by atoms with E-state index in [9.17, 15) is 0 Å². The molecular weight excluding hydrogens is 246 g/mol. The van der Waals surface area contributed by atoms with Crippen LogP contribution in [-0.2, 0) is 31.3 Å². The molecule has 1 nitrogen and oxygen atoms in total. The Morgan fingerprint density at radius 2 is 1.00 bits per heavy atom. The molecule has 0 rings (SSSR count). The van der Waals surface area contributed by atoms with E-state index < -0.39 is 0 Å². The predicted molar refractivity (Wildman–Crippen MR) is 12.2 cm³/mol. The first-order valence-electron chi connectivity index (χ1n) is 0. The van der Waals surface area contributed by atoms with E-state index in [0.29, 0.717) is 0 Å². The van der Waals surface area contributed by atoms with Gasteiger partial charge in [0, 0.05) is 0 Å². The number of rotatable bonds is 0. The second-order valence-electron chi connectivity index (χ2n) is 0. The zero-order valence-corrected chi connectivity index (χ0v) is 8.35. The fourth-order valence-electron chi connectivity index (χ4n) is 0. The maximum atomic E-state index is 0. The quantitative estimate of drug-likeness (QED) is 0.496. The summed E-state index contributed by atoms with van der Waals surface area (Å²) in [5, 5.41) is 0. The molecule has 0 fully saturated rings. The fraction of sp³-hybridized carbons (Fsp3) is 0. The molecule has 4 heavy (non-hydrogen) atoms. The fourth-order valence-corrected chi connectivity index (χ4v) is 0. The molecule has 0 aromatic carbocycles. The average molecular weight is 246 g/mol. The first kappa shape index (κ1) is 35.6. The van der Waals surface area contributed by atoms with Crippen LogP contribution in [0.15, 0.2) is 0 Å². The van der Waals surface area contributed by atoms with Gasteiger partial charge in [0.05, 0.1) is 0 Å². The minimum atomic E-state index is 0. The third-order valence-electron chi connectivity index (χ3n) is 0. The molecular formula is AlHfMgO+7. The third-order valence-corrected chi connectivity index (χ3v) is 0. The standard InChI is InChI=1S/Al.Hf.Mg.O/q+3;+4;+2;-2. The monoisotopic (exact) mass is 247 g/mol. The van der Waals surface area contributed by atoms with E-state index in [2.05, 4.69) is 0 Å². The van der Waals surface area contributed by atoms with Crippen LogP contribution in [0.3, 0.4) is 0 Å². The van der Waals surface area contributed by atoms with E-state index in [-0.39, 0.29) is 71.7 Å². The third kappa shape index (κ3) is 8.92. The molecule has 8 valence electrons. The summed E-state index contributed by atoms with van der Waals surface area (Å²) in [6.45, 7) is 0. The first-order valence-corrected chi connectivity index (χ1v) is 0. The molecule has 0 aromatic heterocycles. The van der Waals surface area contributed by atoms with Gasteiger partial charge >= 0.3 is 66.3 Å². The molecule has 0 aromatic rings. The second kappa shape index (κ2) is 19.3. The number of hydrogen-bond acceptors (Lipinski definition) is 0. The Balaban J connectivity index is 0. The first-order chi connectivity index (χ1) is 0. The van der Waals surface area contributed by atoms with Crippen molar-refractivity contribution in [3.8, 4) is 0 Å².